The van der Waals surface area contributed by atoms with Gasteiger partial charge in [-0.1, -0.05) is 0 Å². The maximum Gasteiger partial charge on any atom is 0.237 e. The van der Waals surface area contributed by atoms with E-state index >= 15 is 0 Å². The first-order chi connectivity index (χ1) is 9.56. The second-order valence-electron chi connectivity index (χ2n) is 5.91. The van der Waals surface area contributed by atoms with Crippen LogP contribution in [0.4, 0.5) is 0 Å². The third kappa shape index (κ3) is 3.49. The fourth-order valence-corrected chi connectivity index (χ4v) is 3.09. The van der Waals surface area contributed by atoms with Gasteiger partial charge in [-0.15, -0.1) is 0 Å². The number of ether oxygens (including phenoxy) is 1. The van der Waals surface area contributed by atoms with E-state index in [1.54, 1.807) is 12.0 Å². The summed E-state index contributed by atoms with van der Waals surface area (Å²) in [7, 11) is 1.66. The van der Waals surface area contributed by atoms with Crippen LogP contribution in [0.3, 0.4) is 0 Å². The number of nitrogens with zero attached hydrogens (tertiary/aromatic N) is 1. The van der Waals surface area contributed by atoms with Crippen LogP contribution in [0.5, 0.6) is 0 Å². The summed E-state index contributed by atoms with van der Waals surface area (Å²) in [6, 6.07) is 0.0673. The lowest BCUT2D eigenvalue weighted by Gasteiger charge is -2.42. The number of amides is 2. The van der Waals surface area contributed by atoms with Crippen LogP contribution in [0.25, 0.3) is 0 Å². The highest BCUT2D eigenvalue weighted by molar-refractivity contribution is 5.84. The topological polar surface area (TPSA) is 84.7 Å². The van der Waals surface area contributed by atoms with Gasteiger partial charge in [0.25, 0.3) is 0 Å². The Morgan fingerprint density at radius 3 is 2.60 bits per heavy atom. The van der Waals surface area contributed by atoms with Crippen molar-refractivity contribution in [2.45, 2.75) is 50.2 Å². The van der Waals surface area contributed by atoms with Gasteiger partial charge in [0.2, 0.25) is 11.8 Å². The fraction of sp³-hybridized carbons (Fsp3) is 0.857. The van der Waals surface area contributed by atoms with E-state index in [2.05, 4.69) is 5.32 Å². The quantitative estimate of drug-likeness (QED) is 0.719. The van der Waals surface area contributed by atoms with Gasteiger partial charge in [0.1, 0.15) is 0 Å². The van der Waals surface area contributed by atoms with E-state index in [9.17, 15) is 9.59 Å². The van der Waals surface area contributed by atoms with E-state index in [0.29, 0.717) is 6.42 Å². The number of nitrogens with one attached hydrogen (secondary N) is 1. The molecule has 0 bridgehead atoms. The molecule has 6 heteroatoms. The summed E-state index contributed by atoms with van der Waals surface area (Å²) >= 11 is 0. The zero-order valence-corrected chi connectivity index (χ0v) is 12.2. The summed E-state index contributed by atoms with van der Waals surface area (Å²) < 4.78 is 5.51. The molecule has 1 heterocycles. The monoisotopic (exact) mass is 283 g/mol. The molecule has 6 nitrogen and oxygen atoms in total. The highest BCUT2D eigenvalue weighted by Gasteiger charge is 2.41. The van der Waals surface area contributed by atoms with Crippen LogP contribution < -0.4 is 11.1 Å². The normalized spacial score (nSPS) is 24.8. The zero-order valence-electron chi connectivity index (χ0n) is 12.2. The number of hydrogen-bond donors (Lipinski definition) is 2. The second kappa shape index (κ2) is 6.54. The SMILES string of the molecule is COC1(CC(=O)N(CC(N)=O)C2CCCNC2)CCC1. The van der Waals surface area contributed by atoms with Gasteiger partial charge in [-0.05, 0) is 38.6 Å². The van der Waals surface area contributed by atoms with Crippen molar-refractivity contribution < 1.29 is 14.3 Å². The van der Waals surface area contributed by atoms with E-state index < -0.39 is 5.91 Å². The largest absolute Gasteiger partial charge is 0.378 e. The molecule has 0 aromatic carbocycles. The van der Waals surface area contributed by atoms with Crippen molar-refractivity contribution in [3.8, 4) is 0 Å². The second-order valence-corrected chi connectivity index (χ2v) is 5.91. The average Bonchev–Trinajstić information content (AvgIpc) is 2.41. The molecule has 2 amide bonds. The Morgan fingerprint density at radius 1 is 1.40 bits per heavy atom. The van der Waals surface area contributed by atoms with Crippen LogP contribution in [0.2, 0.25) is 0 Å². The molecule has 114 valence electrons. The number of hydrogen-bond acceptors (Lipinski definition) is 4. The molecule has 2 aliphatic rings. The van der Waals surface area contributed by atoms with Gasteiger partial charge in [-0.3, -0.25) is 9.59 Å². The van der Waals surface area contributed by atoms with Gasteiger partial charge in [-0.2, -0.15) is 0 Å². The Labute approximate surface area is 120 Å². The van der Waals surface area contributed by atoms with E-state index in [0.717, 1.165) is 45.2 Å². The predicted molar refractivity (Wildman–Crippen MR) is 75.0 cm³/mol. The summed E-state index contributed by atoms with van der Waals surface area (Å²) in [4.78, 5) is 25.5. The Morgan fingerprint density at radius 2 is 2.15 bits per heavy atom. The van der Waals surface area contributed by atoms with Gasteiger partial charge < -0.3 is 20.7 Å². The molecule has 1 aliphatic heterocycles. The molecule has 1 aliphatic carbocycles. The lowest BCUT2D eigenvalue weighted by atomic mass is 9.77. The lowest BCUT2D eigenvalue weighted by molar-refractivity contribution is -0.148. The van der Waals surface area contributed by atoms with Gasteiger partial charge in [0.05, 0.1) is 18.6 Å². The Bertz CT molecular complexity index is 357. The van der Waals surface area contributed by atoms with Crippen LogP contribution in [-0.2, 0) is 14.3 Å². The fourth-order valence-electron chi connectivity index (χ4n) is 3.09. The standard InChI is InChI=1S/C14H25N3O3/c1-20-14(5-3-6-14)8-13(19)17(10-12(15)18)11-4-2-7-16-9-11/h11,16H,2-10H2,1H3,(H2,15,18). The third-order valence-corrected chi connectivity index (χ3v) is 4.53. The van der Waals surface area contributed by atoms with Gasteiger partial charge >= 0.3 is 0 Å². The Balaban J connectivity index is 2.01. The smallest absolute Gasteiger partial charge is 0.237 e. The van der Waals surface area contributed by atoms with Crippen molar-refractivity contribution in [2.75, 3.05) is 26.7 Å². The van der Waals surface area contributed by atoms with Crippen molar-refractivity contribution in [3.63, 3.8) is 0 Å². The van der Waals surface area contributed by atoms with Crippen molar-refractivity contribution in [2.24, 2.45) is 5.73 Å². The molecule has 0 aromatic heterocycles. The molecular formula is C14H25N3O3. The molecule has 1 atom stereocenters. The first kappa shape index (κ1) is 15.3. The summed E-state index contributed by atoms with van der Waals surface area (Å²) in [5, 5.41) is 3.27. The van der Waals surface area contributed by atoms with E-state index in [-0.39, 0.29) is 24.1 Å². The minimum atomic E-state index is -0.455. The maximum atomic E-state index is 12.6. The first-order valence-corrected chi connectivity index (χ1v) is 7.40. The summed E-state index contributed by atoms with van der Waals surface area (Å²) in [5.74, 6) is -0.469. The predicted octanol–water partition coefficient (Wildman–Crippen LogP) is 0.0115. The van der Waals surface area contributed by atoms with Crippen LogP contribution in [0, 0.1) is 0 Å². The summed E-state index contributed by atoms with van der Waals surface area (Å²) in [5.41, 5.74) is 4.99. The minimum Gasteiger partial charge on any atom is -0.378 e. The number of nitrogens with two attached hydrogens (primary N) is 1. The molecule has 0 aromatic rings. The number of rotatable bonds is 6. The minimum absolute atomic E-state index is 0.00493. The molecule has 0 radical (unpaired) electrons. The van der Waals surface area contributed by atoms with Gasteiger partial charge in [0, 0.05) is 19.7 Å². The van der Waals surface area contributed by atoms with Crippen LogP contribution in [-0.4, -0.2) is 55.1 Å². The number of primary amides is 1. The van der Waals surface area contributed by atoms with Crippen molar-refractivity contribution in [3.05, 3.63) is 0 Å². The molecule has 1 saturated heterocycles. The lowest BCUT2D eigenvalue weighted by Crippen LogP contribution is -2.54. The zero-order chi connectivity index (χ0) is 14.6. The van der Waals surface area contributed by atoms with Crippen LogP contribution in [0.1, 0.15) is 38.5 Å². The van der Waals surface area contributed by atoms with Gasteiger partial charge in [-0.25, -0.2) is 0 Å². The average molecular weight is 283 g/mol. The molecule has 3 N–H and O–H groups in total. The van der Waals surface area contributed by atoms with Crippen molar-refractivity contribution in [1.29, 1.82) is 0 Å². The molecule has 2 fully saturated rings. The Kier molecular flexibility index (Phi) is 4.99. The highest BCUT2D eigenvalue weighted by Crippen LogP contribution is 2.38. The van der Waals surface area contributed by atoms with E-state index in [1.165, 1.54) is 0 Å². The number of carbonyl (C=O) groups is 2. The number of methoxy groups -OCH3 is 1. The third-order valence-electron chi connectivity index (χ3n) is 4.53. The van der Waals surface area contributed by atoms with E-state index in [1.807, 2.05) is 0 Å². The molecular weight excluding hydrogens is 258 g/mol. The molecule has 0 spiro atoms. The Hall–Kier alpha value is -1.14. The van der Waals surface area contributed by atoms with Crippen molar-refractivity contribution in [1.82, 2.24) is 10.2 Å². The maximum absolute atomic E-state index is 12.6. The first-order valence-electron chi connectivity index (χ1n) is 7.40. The van der Waals surface area contributed by atoms with Crippen LogP contribution >= 0.6 is 0 Å². The summed E-state index contributed by atoms with van der Waals surface area (Å²) in [6.07, 6.45) is 5.23. The van der Waals surface area contributed by atoms with Crippen molar-refractivity contribution >= 4 is 11.8 Å². The molecule has 1 saturated carbocycles. The molecule has 2 rings (SSSR count). The molecule has 20 heavy (non-hydrogen) atoms. The molecule has 1 unspecified atom stereocenters. The summed E-state index contributed by atoms with van der Waals surface area (Å²) in [6.45, 7) is 1.71. The number of piperidine rings is 1. The number of carbonyl (C=O) groups excluding carboxylic acids is 2. The van der Waals surface area contributed by atoms with Gasteiger partial charge in [0.15, 0.2) is 0 Å². The van der Waals surface area contributed by atoms with E-state index in [4.69, 9.17) is 10.5 Å². The highest BCUT2D eigenvalue weighted by atomic mass is 16.5. The van der Waals surface area contributed by atoms with Crippen LogP contribution in [0.15, 0.2) is 0 Å².